The molecule has 2 aromatic heterocycles. The number of hydrogen-bond donors (Lipinski definition) is 0. The molecule has 0 radical (unpaired) electrons. The normalized spacial score (nSPS) is 15.3. The third-order valence-electron chi connectivity index (χ3n) is 3.80. The minimum atomic E-state index is -0.755. The lowest BCUT2D eigenvalue weighted by atomic mass is 10.1. The smallest absolute Gasteiger partial charge is 0.349 e. The third-order valence-corrected chi connectivity index (χ3v) is 5.82. The molecule has 0 N–H and O–H groups in total. The predicted molar refractivity (Wildman–Crippen MR) is 87.4 cm³/mol. The maximum atomic E-state index is 12.5. The molecule has 1 aliphatic rings. The topological polar surface area (TPSA) is 46.6 Å². The molecule has 3 rings (SSSR count). The van der Waals surface area contributed by atoms with E-state index in [1.54, 1.807) is 23.2 Å². The predicted octanol–water partition coefficient (Wildman–Crippen LogP) is 3.25. The van der Waals surface area contributed by atoms with E-state index < -0.39 is 12.1 Å². The van der Waals surface area contributed by atoms with Gasteiger partial charge in [-0.1, -0.05) is 0 Å². The first-order valence-electron chi connectivity index (χ1n) is 7.15. The lowest BCUT2D eigenvalue weighted by molar-refractivity contribution is -0.140. The van der Waals surface area contributed by atoms with E-state index in [4.69, 9.17) is 4.74 Å². The summed E-state index contributed by atoms with van der Waals surface area (Å²) in [6.45, 7) is 4.80. The molecule has 0 saturated carbocycles. The van der Waals surface area contributed by atoms with Crippen molar-refractivity contribution in [1.29, 1.82) is 0 Å². The molecule has 0 fully saturated rings. The van der Waals surface area contributed by atoms with E-state index in [0.717, 1.165) is 12.0 Å². The lowest BCUT2D eigenvalue weighted by Crippen LogP contribution is -2.42. The summed E-state index contributed by atoms with van der Waals surface area (Å²) in [5, 5.41) is 3.91. The Morgan fingerprint density at radius 1 is 1.27 bits per heavy atom. The maximum Gasteiger partial charge on any atom is 0.349 e. The number of rotatable bonds is 3. The highest BCUT2D eigenvalue weighted by atomic mass is 32.1. The lowest BCUT2D eigenvalue weighted by Gasteiger charge is -2.29. The van der Waals surface area contributed by atoms with Crippen LogP contribution in [0.2, 0.25) is 0 Å². The van der Waals surface area contributed by atoms with Crippen molar-refractivity contribution in [3.63, 3.8) is 0 Å². The van der Waals surface area contributed by atoms with Crippen molar-refractivity contribution in [2.45, 2.75) is 32.9 Å². The zero-order chi connectivity index (χ0) is 15.7. The molecule has 116 valence electrons. The number of fused-ring (bicyclic) bond motifs is 1. The summed E-state index contributed by atoms with van der Waals surface area (Å²) in [6.07, 6.45) is 0.123. The number of ether oxygens (including phenoxy) is 1. The molecule has 0 saturated heterocycles. The summed E-state index contributed by atoms with van der Waals surface area (Å²) >= 11 is 3.08. The fourth-order valence-electron chi connectivity index (χ4n) is 2.54. The minimum Gasteiger partial charge on any atom is -0.448 e. The SMILES string of the molecule is Cc1ccsc1C(=O)OC(C)C(=O)N1CCc2sccc2C1. The highest BCUT2D eigenvalue weighted by Gasteiger charge is 2.28. The quantitative estimate of drug-likeness (QED) is 0.809. The number of nitrogens with zero attached hydrogens (tertiary/aromatic N) is 1. The van der Waals surface area contributed by atoms with Gasteiger partial charge in [-0.2, -0.15) is 0 Å². The zero-order valence-electron chi connectivity index (χ0n) is 12.5. The number of amides is 1. The maximum absolute atomic E-state index is 12.5. The first kappa shape index (κ1) is 15.2. The van der Waals surface area contributed by atoms with E-state index in [0.29, 0.717) is 18.0 Å². The Hall–Kier alpha value is -1.66. The van der Waals surface area contributed by atoms with Gasteiger partial charge in [-0.05, 0) is 54.3 Å². The van der Waals surface area contributed by atoms with E-state index in [2.05, 4.69) is 11.4 Å². The summed E-state index contributed by atoms with van der Waals surface area (Å²) in [5.41, 5.74) is 2.09. The highest BCUT2D eigenvalue weighted by molar-refractivity contribution is 7.12. The number of aryl methyl sites for hydroxylation is 1. The molecular weight excluding hydrogens is 318 g/mol. The van der Waals surface area contributed by atoms with E-state index in [1.807, 2.05) is 18.4 Å². The summed E-state index contributed by atoms with van der Waals surface area (Å²) in [6, 6.07) is 3.93. The molecule has 1 unspecified atom stereocenters. The summed E-state index contributed by atoms with van der Waals surface area (Å²) < 4.78 is 5.34. The van der Waals surface area contributed by atoms with Gasteiger partial charge in [0, 0.05) is 18.0 Å². The first-order chi connectivity index (χ1) is 10.6. The van der Waals surface area contributed by atoms with Crippen LogP contribution in [0.1, 0.15) is 32.6 Å². The van der Waals surface area contributed by atoms with Crippen molar-refractivity contribution in [3.05, 3.63) is 43.8 Å². The molecule has 1 amide bonds. The largest absolute Gasteiger partial charge is 0.448 e. The first-order valence-corrected chi connectivity index (χ1v) is 8.91. The van der Waals surface area contributed by atoms with Gasteiger partial charge in [0.2, 0.25) is 0 Å². The van der Waals surface area contributed by atoms with E-state index >= 15 is 0 Å². The summed E-state index contributed by atoms with van der Waals surface area (Å²) in [4.78, 5) is 28.3. The second-order valence-electron chi connectivity index (χ2n) is 5.36. The molecule has 0 spiro atoms. The van der Waals surface area contributed by atoms with Crippen molar-refractivity contribution in [3.8, 4) is 0 Å². The van der Waals surface area contributed by atoms with Crippen LogP contribution in [0.3, 0.4) is 0 Å². The number of esters is 1. The fourth-order valence-corrected chi connectivity index (χ4v) is 4.24. The van der Waals surface area contributed by atoms with Crippen LogP contribution in [-0.2, 0) is 22.5 Å². The van der Waals surface area contributed by atoms with Gasteiger partial charge in [-0.25, -0.2) is 4.79 Å². The molecule has 0 bridgehead atoms. The van der Waals surface area contributed by atoms with Crippen LogP contribution >= 0.6 is 22.7 Å². The molecular formula is C16H17NO3S2. The second kappa shape index (κ2) is 6.22. The van der Waals surface area contributed by atoms with Crippen molar-refractivity contribution >= 4 is 34.6 Å². The average molecular weight is 335 g/mol. The van der Waals surface area contributed by atoms with Gasteiger partial charge in [0.25, 0.3) is 5.91 Å². The average Bonchev–Trinajstić information content (AvgIpc) is 3.13. The van der Waals surface area contributed by atoms with E-state index in [-0.39, 0.29) is 5.91 Å². The Bertz CT molecular complexity index is 704. The Morgan fingerprint density at radius 2 is 2.05 bits per heavy atom. The molecule has 1 aliphatic heterocycles. The van der Waals surface area contributed by atoms with Crippen LogP contribution in [0.4, 0.5) is 0 Å². The zero-order valence-corrected chi connectivity index (χ0v) is 14.1. The third kappa shape index (κ3) is 2.94. The van der Waals surface area contributed by atoms with Gasteiger partial charge in [0.15, 0.2) is 6.10 Å². The van der Waals surface area contributed by atoms with Crippen molar-refractivity contribution in [2.24, 2.45) is 0 Å². The minimum absolute atomic E-state index is 0.126. The van der Waals surface area contributed by atoms with Crippen LogP contribution < -0.4 is 0 Å². The summed E-state index contributed by atoms with van der Waals surface area (Å²) in [7, 11) is 0. The highest BCUT2D eigenvalue weighted by Crippen LogP contribution is 2.25. The molecule has 3 heterocycles. The molecule has 0 aliphatic carbocycles. The molecule has 22 heavy (non-hydrogen) atoms. The van der Waals surface area contributed by atoms with Crippen LogP contribution in [0, 0.1) is 6.92 Å². The van der Waals surface area contributed by atoms with Gasteiger partial charge in [-0.15, -0.1) is 22.7 Å². The van der Waals surface area contributed by atoms with Gasteiger partial charge < -0.3 is 9.64 Å². The standard InChI is InChI=1S/C16H17NO3S2/c1-10-4-7-22-14(10)16(19)20-11(2)15(18)17-6-3-13-12(9-17)5-8-21-13/h4-5,7-8,11H,3,6,9H2,1-2H3. The van der Waals surface area contributed by atoms with Crippen molar-refractivity contribution < 1.29 is 14.3 Å². The molecule has 6 heteroatoms. The van der Waals surface area contributed by atoms with Crippen molar-refractivity contribution in [2.75, 3.05) is 6.54 Å². The van der Waals surface area contributed by atoms with Crippen LogP contribution in [-0.4, -0.2) is 29.4 Å². The molecule has 2 aromatic rings. The Kier molecular flexibility index (Phi) is 4.31. The Morgan fingerprint density at radius 3 is 2.77 bits per heavy atom. The second-order valence-corrected chi connectivity index (χ2v) is 7.28. The number of carbonyl (C=O) groups is 2. The van der Waals surface area contributed by atoms with Gasteiger partial charge >= 0.3 is 5.97 Å². The number of thiophene rings is 2. The van der Waals surface area contributed by atoms with Crippen LogP contribution in [0.25, 0.3) is 0 Å². The Labute approximate surface area is 137 Å². The fraction of sp³-hybridized carbons (Fsp3) is 0.375. The molecule has 4 nitrogen and oxygen atoms in total. The number of carbonyl (C=O) groups excluding carboxylic acids is 2. The molecule has 0 aromatic carbocycles. The number of hydrogen-bond acceptors (Lipinski definition) is 5. The monoisotopic (exact) mass is 335 g/mol. The molecule has 1 atom stereocenters. The Balaban J connectivity index is 1.63. The van der Waals surface area contributed by atoms with Crippen molar-refractivity contribution in [1.82, 2.24) is 4.90 Å². The summed E-state index contributed by atoms with van der Waals surface area (Å²) in [5.74, 6) is -0.541. The van der Waals surface area contributed by atoms with Gasteiger partial charge in [0.1, 0.15) is 4.88 Å². The van der Waals surface area contributed by atoms with E-state index in [1.165, 1.54) is 21.8 Å². The van der Waals surface area contributed by atoms with E-state index in [9.17, 15) is 9.59 Å². The van der Waals surface area contributed by atoms with Gasteiger partial charge in [-0.3, -0.25) is 4.79 Å². The van der Waals surface area contributed by atoms with Crippen LogP contribution in [0.5, 0.6) is 0 Å². The van der Waals surface area contributed by atoms with Crippen LogP contribution in [0.15, 0.2) is 22.9 Å². The van der Waals surface area contributed by atoms with Gasteiger partial charge in [0.05, 0.1) is 0 Å².